The van der Waals surface area contributed by atoms with Crippen LogP contribution in [0.4, 0.5) is 5.69 Å². The Morgan fingerprint density at radius 2 is 1.93 bits per heavy atom. The van der Waals surface area contributed by atoms with Crippen LogP contribution in [-0.2, 0) is 15.8 Å². The fourth-order valence-electron chi connectivity index (χ4n) is 2.93. The molecule has 5 nitrogen and oxygen atoms in total. The van der Waals surface area contributed by atoms with Crippen LogP contribution in [0, 0.1) is 11.3 Å². The number of anilines is 1. The first-order valence-electron chi connectivity index (χ1n) is 10.5. The number of rotatable bonds is 6. The van der Waals surface area contributed by atoms with Gasteiger partial charge in [-0.1, -0.05) is 53.1 Å². The first-order valence-corrected chi connectivity index (χ1v) is 13.8. The maximum atomic E-state index is 12.2. The molecule has 29 heavy (non-hydrogen) atoms. The van der Waals surface area contributed by atoms with Crippen LogP contribution in [0.15, 0.2) is 12.1 Å². The van der Waals surface area contributed by atoms with E-state index < -0.39 is 13.7 Å². The molecule has 2 heterocycles. The van der Waals surface area contributed by atoms with Crippen molar-refractivity contribution in [3.05, 3.63) is 23.0 Å². The van der Waals surface area contributed by atoms with Crippen LogP contribution < -0.4 is 5.32 Å². The molecule has 1 N–H and O–H groups in total. The highest BCUT2D eigenvalue weighted by Gasteiger charge is 2.38. The Balaban J connectivity index is 1.88. The molecule has 1 fully saturated rings. The zero-order chi connectivity index (χ0) is 22.0. The number of amides is 1. The molecule has 164 valence electrons. The van der Waals surface area contributed by atoms with Crippen molar-refractivity contribution in [3.8, 4) is 0 Å². The van der Waals surface area contributed by atoms with E-state index in [0.717, 1.165) is 38.4 Å². The van der Waals surface area contributed by atoms with Gasteiger partial charge >= 0.3 is 0 Å². The fourth-order valence-corrected chi connectivity index (χ4v) is 4.23. The van der Waals surface area contributed by atoms with Gasteiger partial charge < -0.3 is 9.74 Å². The van der Waals surface area contributed by atoms with Crippen LogP contribution in [0.5, 0.6) is 0 Å². The lowest BCUT2D eigenvalue weighted by molar-refractivity contribution is -0.123. The van der Waals surface area contributed by atoms with Crippen molar-refractivity contribution in [1.82, 2.24) is 9.88 Å². The molecule has 1 amide bonds. The molecule has 0 aliphatic carbocycles. The van der Waals surface area contributed by atoms with Gasteiger partial charge in [-0.3, -0.25) is 9.69 Å². The summed E-state index contributed by atoms with van der Waals surface area (Å²) in [5.41, 5.74) is 1.02. The number of pyridine rings is 1. The number of carbonyl (C=O) groups excluding carboxylic acids is 1. The van der Waals surface area contributed by atoms with Gasteiger partial charge in [0.1, 0.15) is 0 Å². The highest BCUT2D eigenvalue weighted by Crippen LogP contribution is 2.37. The van der Waals surface area contributed by atoms with E-state index in [1.807, 2.05) is 32.9 Å². The fraction of sp³-hybridized carbons (Fsp3) is 0.727. The number of nitrogens with zero attached hydrogens (tertiary/aromatic N) is 2. The minimum absolute atomic E-state index is 0.0712. The minimum Gasteiger partial charge on any atom is -0.416 e. The molecule has 0 saturated carbocycles. The molecule has 0 unspecified atom stereocenters. The van der Waals surface area contributed by atoms with Crippen LogP contribution in [0.2, 0.25) is 23.3 Å². The van der Waals surface area contributed by atoms with Crippen molar-refractivity contribution in [2.75, 3.05) is 25.0 Å². The molecule has 0 aromatic carbocycles. The van der Waals surface area contributed by atoms with E-state index in [4.69, 9.17) is 16.0 Å². The molecular formula is C22H38ClN3O2Si. The Labute approximate surface area is 182 Å². The number of hydrogen-bond acceptors (Lipinski definition) is 4. The number of carbonyl (C=O) groups is 1. The highest BCUT2D eigenvalue weighted by molar-refractivity contribution is 6.74. The van der Waals surface area contributed by atoms with Gasteiger partial charge in [-0.2, -0.15) is 0 Å². The Hall–Kier alpha value is -0.953. The minimum atomic E-state index is -1.69. The second-order valence-electron chi connectivity index (χ2n) is 10.8. The van der Waals surface area contributed by atoms with E-state index >= 15 is 0 Å². The summed E-state index contributed by atoms with van der Waals surface area (Å²) < 4.78 is 6.41. The Morgan fingerprint density at radius 3 is 2.48 bits per heavy atom. The van der Waals surface area contributed by atoms with Crippen LogP contribution >= 0.6 is 11.6 Å². The third-order valence-corrected chi connectivity index (χ3v) is 10.9. The average molecular weight is 440 g/mol. The van der Waals surface area contributed by atoms with Gasteiger partial charge in [-0.15, -0.1) is 0 Å². The van der Waals surface area contributed by atoms with Crippen molar-refractivity contribution < 1.29 is 9.22 Å². The third-order valence-electron chi connectivity index (χ3n) is 6.08. The highest BCUT2D eigenvalue weighted by atomic mass is 35.5. The van der Waals surface area contributed by atoms with E-state index in [-0.39, 0.29) is 10.9 Å². The Bertz CT molecular complexity index is 726. The third kappa shape index (κ3) is 6.77. The van der Waals surface area contributed by atoms with Crippen molar-refractivity contribution >= 4 is 31.5 Å². The van der Waals surface area contributed by atoms with Gasteiger partial charge in [0.05, 0.1) is 11.4 Å². The number of likely N-dealkylation sites (tertiary alicyclic amines) is 1. The van der Waals surface area contributed by atoms with Crippen molar-refractivity contribution in [1.29, 1.82) is 0 Å². The molecule has 2 rings (SSSR count). The van der Waals surface area contributed by atoms with E-state index in [1.54, 1.807) is 0 Å². The summed E-state index contributed by atoms with van der Waals surface area (Å²) in [4.78, 5) is 19.1. The molecule has 1 aliphatic rings. The quantitative estimate of drug-likeness (QED) is 0.465. The van der Waals surface area contributed by atoms with E-state index in [0.29, 0.717) is 16.8 Å². The number of aromatic nitrogens is 1. The van der Waals surface area contributed by atoms with Gasteiger partial charge in [0.25, 0.3) is 0 Å². The largest absolute Gasteiger partial charge is 0.416 e. The van der Waals surface area contributed by atoms with Crippen molar-refractivity contribution in [2.24, 2.45) is 11.3 Å². The second-order valence-corrected chi connectivity index (χ2v) is 16.0. The van der Waals surface area contributed by atoms with Gasteiger partial charge in [-0.25, -0.2) is 4.98 Å². The van der Waals surface area contributed by atoms with Crippen LogP contribution in [0.1, 0.15) is 53.7 Å². The molecule has 0 bridgehead atoms. The predicted molar refractivity (Wildman–Crippen MR) is 124 cm³/mol. The van der Waals surface area contributed by atoms with Crippen molar-refractivity contribution in [3.63, 3.8) is 0 Å². The van der Waals surface area contributed by atoms with Crippen LogP contribution in [0.25, 0.3) is 0 Å². The molecule has 1 aromatic rings. The smallest absolute Gasteiger partial charge is 0.229 e. The molecule has 1 saturated heterocycles. The molecule has 1 atom stereocenters. The lowest BCUT2D eigenvalue weighted by atomic mass is 9.95. The summed E-state index contributed by atoms with van der Waals surface area (Å²) in [6.45, 7) is 20.8. The molecule has 0 radical (unpaired) electrons. The normalized spacial score (nSPS) is 18.9. The van der Waals surface area contributed by atoms with Gasteiger partial charge in [0.2, 0.25) is 5.91 Å². The molecule has 1 aromatic heterocycles. The standard InChI is InChI=1S/C22H38ClN3O2Si/c1-21(2,3)20(27)25-18-10-9-17(24-19(18)23)14-26-12-11-16(13-26)15-28-29(7,8)22(4,5)6/h9-10,16H,11-15H2,1-8H3,(H,25,27)/t16-/m0/s1. The van der Waals surface area contributed by atoms with E-state index in [2.05, 4.69) is 49.1 Å². The SMILES string of the molecule is CC(C)(C)C(=O)Nc1ccc(CN2CC[C@H](CO[Si](C)(C)C(C)(C)C)C2)nc1Cl. The van der Waals surface area contributed by atoms with Gasteiger partial charge in [0, 0.05) is 25.1 Å². The Kier molecular flexibility index (Phi) is 7.58. The number of hydrogen-bond donors (Lipinski definition) is 1. The molecule has 1 aliphatic heterocycles. The topological polar surface area (TPSA) is 54.5 Å². The summed E-state index contributed by atoms with van der Waals surface area (Å²) >= 11 is 6.32. The van der Waals surface area contributed by atoms with Crippen LogP contribution in [0.3, 0.4) is 0 Å². The maximum absolute atomic E-state index is 12.2. The second kappa shape index (κ2) is 9.04. The van der Waals surface area contributed by atoms with Gasteiger partial charge in [0.15, 0.2) is 13.5 Å². The zero-order valence-corrected chi connectivity index (χ0v) is 21.1. The predicted octanol–water partition coefficient (Wildman–Crippen LogP) is 5.56. The summed E-state index contributed by atoms with van der Waals surface area (Å²) in [7, 11) is -1.69. The first kappa shape index (κ1) is 24.3. The molecular weight excluding hydrogens is 402 g/mol. The molecule has 7 heteroatoms. The summed E-state index contributed by atoms with van der Waals surface area (Å²) in [5.74, 6) is 0.503. The number of halogens is 1. The summed E-state index contributed by atoms with van der Waals surface area (Å²) in [5, 5.41) is 3.45. The number of nitrogens with one attached hydrogen (secondary N) is 1. The monoisotopic (exact) mass is 439 g/mol. The first-order chi connectivity index (χ1) is 13.2. The molecule has 0 spiro atoms. The average Bonchev–Trinajstić information content (AvgIpc) is 3.01. The van der Waals surface area contributed by atoms with Crippen LogP contribution in [-0.4, -0.2) is 43.8 Å². The van der Waals surface area contributed by atoms with Crippen molar-refractivity contribution in [2.45, 2.75) is 72.6 Å². The summed E-state index contributed by atoms with van der Waals surface area (Å²) in [6.07, 6.45) is 1.15. The van der Waals surface area contributed by atoms with E-state index in [1.165, 1.54) is 0 Å². The van der Waals surface area contributed by atoms with Gasteiger partial charge in [-0.05, 0) is 49.1 Å². The maximum Gasteiger partial charge on any atom is 0.229 e. The summed E-state index contributed by atoms with van der Waals surface area (Å²) in [6, 6.07) is 3.80. The zero-order valence-electron chi connectivity index (χ0n) is 19.4. The Morgan fingerprint density at radius 1 is 1.28 bits per heavy atom. The lowest BCUT2D eigenvalue weighted by Gasteiger charge is -2.37. The van der Waals surface area contributed by atoms with E-state index in [9.17, 15) is 4.79 Å². The lowest BCUT2D eigenvalue weighted by Crippen LogP contribution is -2.42.